The van der Waals surface area contributed by atoms with E-state index in [9.17, 15) is 20.4 Å². The summed E-state index contributed by atoms with van der Waals surface area (Å²) in [6, 6.07) is 0. The first-order chi connectivity index (χ1) is 10.0. The van der Waals surface area contributed by atoms with Crippen LogP contribution in [0.15, 0.2) is 0 Å². The Labute approximate surface area is 120 Å². The molecular formula is C12H20O9. The molecule has 2 bridgehead atoms. The Balaban J connectivity index is 1.68. The van der Waals surface area contributed by atoms with Gasteiger partial charge in [0, 0.05) is 6.42 Å². The van der Waals surface area contributed by atoms with Crippen LogP contribution in [0.25, 0.3) is 0 Å². The maximum atomic E-state index is 9.92. The smallest absolute Gasteiger partial charge is 0.186 e. The lowest BCUT2D eigenvalue weighted by Crippen LogP contribution is -2.58. The molecule has 0 spiro atoms. The van der Waals surface area contributed by atoms with Crippen LogP contribution in [0.1, 0.15) is 6.42 Å². The highest BCUT2D eigenvalue weighted by Crippen LogP contribution is 2.33. The van der Waals surface area contributed by atoms with Gasteiger partial charge < -0.3 is 44.5 Å². The minimum absolute atomic E-state index is 0.101. The zero-order valence-corrected chi connectivity index (χ0v) is 11.2. The van der Waals surface area contributed by atoms with Gasteiger partial charge in [-0.15, -0.1) is 0 Å². The predicted molar refractivity (Wildman–Crippen MR) is 63.9 cm³/mol. The van der Waals surface area contributed by atoms with E-state index in [0.29, 0.717) is 0 Å². The molecule has 3 aliphatic rings. The van der Waals surface area contributed by atoms with Gasteiger partial charge in [-0.25, -0.2) is 0 Å². The molecule has 9 heteroatoms. The fraction of sp³-hybridized carbons (Fsp3) is 1.00. The van der Waals surface area contributed by atoms with Gasteiger partial charge in [0.1, 0.15) is 30.5 Å². The molecule has 0 aromatic heterocycles. The third-order valence-electron chi connectivity index (χ3n) is 4.09. The number of ether oxygens (including phenoxy) is 4. The van der Waals surface area contributed by atoms with Crippen molar-refractivity contribution in [3.8, 4) is 0 Å². The number of aliphatic hydroxyl groups is 5. The third-order valence-corrected chi connectivity index (χ3v) is 4.09. The first-order valence-corrected chi connectivity index (χ1v) is 6.92. The van der Waals surface area contributed by atoms with Crippen LogP contribution in [0.4, 0.5) is 0 Å². The number of hydrogen-bond acceptors (Lipinski definition) is 9. The van der Waals surface area contributed by atoms with Crippen LogP contribution in [0.3, 0.4) is 0 Å². The summed E-state index contributed by atoms with van der Waals surface area (Å²) in [6.07, 6.45) is -8.85. The highest BCUT2D eigenvalue weighted by atomic mass is 16.7. The van der Waals surface area contributed by atoms with Gasteiger partial charge in [-0.2, -0.15) is 0 Å². The minimum Gasteiger partial charge on any atom is -0.394 e. The van der Waals surface area contributed by atoms with Crippen LogP contribution in [-0.2, 0) is 18.9 Å². The molecule has 5 N–H and O–H groups in total. The van der Waals surface area contributed by atoms with E-state index < -0.39 is 55.3 Å². The van der Waals surface area contributed by atoms with Crippen LogP contribution < -0.4 is 0 Å². The van der Waals surface area contributed by atoms with E-state index in [0.717, 1.165) is 0 Å². The molecule has 9 nitrogen and oxygen atoms in total. The van der Waals surface area contributed by atoms with E-state index in [4.69, 9.17) is 24.1 Å². The molecule has 3 rings (SSSR count). The normalized spacial score (nSPS) is 53.9. The van der Waals surface area contributed by atoms with Gasteiger partial charge >= 0.3 is 0 Å². The van der Waals surface area contributed by atoms with Crippen LogP contribution in [0.2, 0.25) is 0 Å². The van der Waals surface area contributed by atoms with E-state index >= 15 is 0 Å². The summed E-state index contributed by atoms with van der Waals surface area (Å²) in [6.45, 7) is -0.173. The van der Waals surface area contributed by atoms with Gasteiger partial charge in [-0.1, -0.05) is 0 Å². The molecular weight excluding hydrogens is 288 g/mol. The Morgan fingerprint density at radius 2 is 1.81 bits per heavy atom. The lowest BCUT2D eigenvalue weighted by molar-refractivity contribution is -0.321. The van der Waals surface area contributed by atoms with Crippen LogP contribution in [-0.4, -0.2) is 94.1 Å². The van der Waals surface area contributed by atoms with Crippen molar-refractivity contribution in [2.24, 2.45) is 0 Å². The molecule has 9 atom stereocenters. The first-order valence-electron chi connectivity index (χ1n) is 6.92. The number of rotatable bonds is 3. The van der Waals surface area contributed by atoms with Crippen molar-refractivity contribution in [3.05, 3.63) is 0 Å². The van der Waals surface area contributed by atoms with E-state index in [1.54, 1.807) is 0 Å². The predicted octanol–water partition coefficient (Wildman–Crippen LogP) is -3.32. The summed E-state index contributed by atoms with van der Waals surface area (Å²) in [5.74, 6) is 0. The molecule has 0 aromatic rings. The standard InChI is InChI=1S/C12H20O9/c13-2-4-1-5(14)7(15)12(19-4)21-9-6-3-18-10(9)8(16)11(17)20-6/h4-17H,1-3H2/t4?,5-,6?,7?,8?,9+,10+,11+,12-/m0/s1. The quantitative estimate of drug-likeness (QED) is 0.362. The fourth-order valence-electron chi connectivity index (χ4n) is 2.90. The maximum Gasteiger partial charge on any atom is 0.186 e. The SMILES string of the molecule is OCC1C[C@H](O)C(O)[C@H](O[C@@H]2C3CO[C@@H]2C(O)[C@H](O)O3)O1. The van der Waals surface area contributed by atoms with Crippen LogP contribution >= 0.6 is 0 Å². The molecule has 4 unspecified atom stereocenters. The zero-order valence-electron chi connectivity index (χ0n) is 11.2. The van der Waals surface area contributed by atoms with Gasteiger partial charge in [0.05, 0.1) is 25.4 Å². The van der Waals surface area contributed by atoms with E-state index in [1.165, 1.54) is 0 Å². The van der Waals surface area contributed by atoms with Gasteiger partial charge in [0.2, 0.25) is 0 Å². The molecule has 0 aliphatic carbocycles. The summed E-state index contributed by atoms with van der Waals surface area (Å²) in [4.78, 5) is 0. The molecule has 3 heterocycles. The molecule has 0 radical (unpaired) electrons. The Hall–Kier alpha value is -0.360. The van der Waals surface area contributed by atoms with E-state index in [-0.39, 0.29) is 19.6 Å². The molecule has 21 heavy (non-hydrogen) atoms. The Morgan fingerprint density at radius 1 is 1.05 bits per heavy atom. The van der Waals surface area contributed by atoms with Crippen molar-refractivity contribution in [2.45, 2.75) is 61.7 Å². The highest BCUT2D eigenvalue weighted by Gasteiger charge is 2.53. The topological polar surface area (TPSA) is 138 Å². The Kier molecular flexibility index (Phi) is 4.46. The summed E-state index contributed by atoms with van der Waals surface area (Å²) in [5, 5.41) is 48.1. The second-order valence-corrected chi connectivity index (χ2v) is 5.56. The second-order valence-electron chi connectivity index (χ2n) is 5.56. The van der Waals surface area contributed by atoms with Gasteiger partial charge in [0.15, 0.2) is 12.6 Å². The van der Waals surface area contributed by atoms with Crippen molar-refractivity contribution >= 4 is 0 Å². The summed E-state index contributed by atoms with van der Waals surface area (Å²) < 4.78 is 21.4. The lowest BCUT2D eigenvalue weighted by atomic mass is 10.0. The largest absolute Gasteiger partial charge is 0.394 e. The summed E-state index contributed by atoms with van der Waals surface area (Å²) in [5.41, 5.74) is 0. The average molecular weight is 308 g/mol. The molecule has 0 aromatic carbocycles. The summed E-state index contributed by atoms with van der Waals surface area (Å²) in [7, 11) is 0. The lowest BCUT2D eigenvalue weighted by Gasteiger charge is -2.41. The third kappa shape index (κ3) is 2.81. The number of aliphatic hydroxyl groups excluding tert-OH is 5. The van der Waals surface area contributed by atoms with E-state index in [2.05, 4.69) is 0 Å². The van der Waals surface area contributed by atoms with E-state index in [1.807, 2.05) is 0 Å². The maximum absolute atomic E-state index is 9.92. The second kappa shape index (κ2) is 6.03. The minimum atomic E-state index is -1.35. The Bertz CT molecular complexity index is 367. The van der Waals surface area contributed by atoms with Crippen LogP contribution in [0.5, 0.6) is 0 Å². The molecule has 3 aliphatic heterocycles. The molecule has 0 amide bonds. The number of fused-ring (bicyclic) bond motifs is 2. The Morgan fingerprint density at radius 3 is 2.52 bits per heavy atom. The zero-order chi connectivity index (χ0) is 15.1. The van der Waals surface area contributed by atoms with Crippen molar-refractivity contribution in [1.29, 1.82) is 0 Å². The molecule has 122 valence electrons. The molecule has 0 saturated carbocycles. The van der Waals surface area contributed by atoms with Gasteiger partial charge in [-0.05, 0) is 0 Å². The number of hydrogen-bond donors (Lipinski definition) is 5. The van der Waals surface area contributed by atoms with Crippen molar-refractivity contribution in [1.82, 2.24) is 0 Å². The first kappa shape index (κ1) is 15.5. The van der Waals surface area contributed by atoms with Crippen molar-refractivity contribution < 1.29 is 44.5 Å². The monoisotopic (exact) mass is 308 g/mol. The summed E-state index contributed by atoms with van der Waals surface area (Å²) >= 11 is 0. The fourth-order valence-corrected chi connectivity index (χ4v) is 2.90. The van der Waals surface area contributed by atoms with Gasteiger partial charge in [0.25, 0.3) is 0 Å². The van der Waals surface area contributed by atoms with Gasteiger partial charge in [-0.3, -0.25) is 0 Å². The average Bonchev–Trinajstić information content (AvgIpc) is 2.77. The molecule has 3 saturated heterocycles. The van der Waals surface area contributed by atoms with Crippen molar-refractivity contribution in [2.75, 3.05) is 13.2 Å². The highest BCUT2D eigenvalue weighted by molar-refractivity contribution is 4.97. The van der Waals surface area contributed by atoms with Crippen LogP contribution in [0, 0.1) is 0 Å². The van der Waals surface area contributed by atoms with Crippen molar-refractivity contribution in [3.63, 3.8) is 0 Å². The molecule has 3 fully saturated rings.